The van der Waals surface area contributed by atoms with E-state index < -0.39 is 0 Å². The number of carbonyl (C=O) groups excluding carboxylic acids is 2. The Morgan fingerprint density at radius 3 is 2.67 bits per heavy atom. The number of phenols is 1. The number of likely N-dealkylation sites (N-methyl/N-ethyl adjacent to an activating group) is 1. The SMILES string of the molecule is CNCCc1c(C2=CC=C3NC(=O)C(CCN(C)C)=C3C2=O)[nH]c2cccc(O)c12. The summed E-state index contributed by atoms with van der Waals surface area (Å²) in [5.74, 6) is -0.188. The van der Waals surface area contributed by atoms with Gasteiger partial charge < -0.3 is 25.6 Å². The molecule has 1 aromatic carbocycles. The highest BCUT2D eigenvalue weighted by molar-refractivity contribution is 6.35. The van der Waals surface area contributed by atoms with Gasteiger partial charge in [-0.05, 0) is 70.4 Å². The molecule has 1 aromatic heterocycles. The van der Waals surface area contributed by atoms with E-state index in [4.69, 9.17) is 0 Å². The molecule has 0 atom stereocenters. The first kappa shape index (κ1) is 20.1. The number of hydrogen-bond donors (Lipinski definition) is 4. The van der Waals surface area contributed by atoms with Gasteiger partial charge in [0.15, 0.2) is 5.78 Å². The number of allylic oxidation sites excluding steroid dienone is 4. The molecule has 156 valence electrons. The number of aromatic amines is 1. The Bertz CT molecular complexity index is 1130. The molecule has 1 aliphatic carbocycles. The number of H-pyrrole nitrogens is 1. The second-order valence-corrected chi connectivity index (χ2v) is 7.88. The van der Waals surface area contributed by atoms with Crippen molar-refractivity contribution in [3.8, 4) is 5.75 Å². The number of rotatable bonds is 7. The van der Waals surface area contributed by atoms with Crippen LogP contribution in [0.5, 0.6) is 5.75 Å². The van der Waals surface area contributed by atoms with E-state index in [1.165, 1.54) is 0 Å². The Kier molecular flexibility index (Phi) is 5.32. The Morgan fingerprint density at radius 1 is 1.13 bits per heavy atom. The van der Waals surface area contributed by atoms with Crippen LogP contribution in [0.15, 0.2) is 47.2 Å². The molecule has 0 fully saturated rings. The molecule has 0 unspecified atom stereocenters. The number of fused-ring (bicyclic) bond motifs is 2. The molecule has 2 aromatic rings. The number of ketones is 1. The van der Waals surface area contributed by atoms with Gasteiger partial charge in [0, 0.05) is 28.6 Å². The number of nitrogens with one attached hydrogen (secondary N) is 3. The summed E-state index contributed by atoms with van der Waals surface area (Å²) in [6, 6.07) is 5.31. The van der Waals surface area contributed by atoms with Gasteiger partial charge in [0.25, 0.3) is 5.91 Å². The van der Waals surface area contributed by atoms with Gasteiger partial charge in [-0.25, -0.2) is 0 Å². The fraction of sp³-hybridized carbons (Fsp3) is 0.304. The summed E-state index contributed by atoms with van der Waals surface area (Å²) in [4.78, 5) is 31.3. The molecule has 7 nitrogen and oxygen atoms in total. The summed E-state index contributed by atoms with van der Waals surface area (Å²) < 4.78 is 0. The van der Waals surface area contributed by atoms with Crippen molar-refractivity contribution in [2.45, 2.75) is 12.8 Å². The summed E-state index contributed by atoms with van der Waals surface area (Å²) in [5, 5.41) is 17.1. The van der Waals surface area contributed by atoms with Crippen molar-refractivity contribution in [3.63, 3.8) is 0 Å². The summed E-state index contributed by atoms with van der Waals surface area (Å²) in [6.45, 7) is 1.38. The molecule has 4 rings (SSSR count). The van der Waals surface area contributed by atoms with E-state index in [0.717, 1.165) is 16.5 Å². The number of amides is 1. The van der Waals surface area contributed by atoms with E-state index in [0.29, 0.717) is 54.0 Å². The van der Waals surface area contributed by atoms with Crippen molar-refractivity contribution < 1.29 is 14.7 Å². The summed E-state index contributed by atoms with van der Waals surface area (Å²) >= 11 is 0. The number of phenolic OH excluding ortho intramolecular Hbond substituents is 1. The van der Waals surface area contributed by atoms with Crippen molar-refractivity contribution in [2.24, 2.45) is 0 Å². The van der Waals surface area contributed by atoms with Crippen molar-refractivity contribution >= 4 is 28.2 Å². The lowest BCUT2D eigenvalue weighted by atomic mass is 9.89. The van der Waals surface area contributed by atoms with E-state index in [2.05, 4.69) is 15.6 Å². The fourth-order valence-corrected chi connectivity index (χ4v) is 4.09. The number of aromatic hydroxyl groups is 1. The monoisotopic (exact) mass is 406 g/mol. The molecular formula is C23H26N4O3. The predicted octanol–water partition coefficient (Wildman–Crippen LogP) is 1.86. The standard InChI is InChI=1S/C23H26N4O3/c1-24-11-9-13-19-16(5-4-6-18(19)28)25-21(13)15-7-8-17-20(22(15)29)14(23(30)26-17)10-12-27(2)3/h4-8,24-25,28H,9-12H2,1-3H3,(H,26,30). The average Bonchev–Trinajstić information content (AvgIpc) is 3.23. The average molecular weight is 406 g/mol. The van der Waals surface area contributed by atoms with Crippen LogP contribution in [0.25, 0.3) is 16.5 Å². The second kappa shape index (κ2) is 7.93. The smallest absolute Gasteiger partial charge is 0.252 e. The van der Waals surface area contributed by atoms with Crippen molar-refractivity contribution in [1.29, 1.82) is 0 Å². The van der Waals surface area contributed by atoms with Crippen LogP contribution in [0.4, 0.5) is 0 Å². The van der Waals surface area contributed by atoms with Crippen LogP contribution >= 0.6 is 0 Å². The van der Waals surface area contributed by atoms with Crippen LogP contribution in [0.1, 0.15) is 17.7 Å². The second-order valence-electron chi connectivity index (χ2n) is 7.88. The van der Waals surface area contributed by atoms with Gasteiger partial charge in [-0.3, -0.25) is 9.59 Å². The topological polar surface area (TPSA) is 97.5 Å². The molecule has 0 saturated heterocycles. The van der Waals surface area contributed by atoms with Gasteiger partial charge in [-0.15, -0.1) is 0 Å². The van der Waals surface area contributed by atoms with Gasteiger partial charge in [-0.2, -0.15) is 0 Å². The highest BCUT2D eigenvalue weighted by Crippen LogP contribution is 2.38. The Morgan fingerprint density at radius 2 is 1.93 bits per heavy atom. The van der Waals surface area contributed by atoms with E-state index in [-0.39, 0.29) is 17.4 Å². The Balaban J connectivity index is 1.82. The number of aromatic nitrogens is 1. The zero-order valence-electron chi connectivity index (χ0n) is 17.4. The molecule has 1 aliphatic heterocycles. The highest BCUT2D eigenvalue weighted by Gasteiger charge is 2.36. The lowest BCUT2D eigenvalue weighted by molar-refractivity contribution is -0.116. The van der Waals surface area contributed by atoms with Crippen LogP contribution in [0.2, 0.25) is 0 Å². The predicted molar refractivity (Wildman–Crippen MR) is 117 cm³/mol. The minimum absolute atomic E-state index is 0.170. The molecule has 0 spiro atoms. The maximum Gasteiger partial charge on any atom is 0.252 e. The fourth-order valence-electron chi connectivity index (χ4n) is 4.09. The van der Waals surface area contributed by atoms with E-state index in [9.17, 15) is 14.7 Å². The largest absolute Gasteiger partial charge is 0.507 e. The zero-order chi connectivity index (χ0) is 21.4. The van der Waals surface area contributed by atoms with Gasteiger partial charge in [0.2, 0.25) is 0 Å². The number of hydrogen-bond acceptors (Lipinski definition) is 5. The summed E-state index contributed by atoms with van der Waals surface area (Å²) in [7, 11) is 5.74. The maximum atomic E-state index is 13.5. The molecule has 0 bridgehead atoms. The van der Waals surface area contributed by atoms with Crippen LogP contribution in [0, 0.1) is 0 Å². The number of nitrogens with zero attached hydrogens (tertiary/aromatic N) is 1. The molecule has 1 amide bonds. The lowest BCUT2D eigenvalue weighted by Crippen LogP contribution is -2.20. The molecule has 7 heteroatoms. The number of carbonyl (C=O) groups is 2. The third kappa shape index (κ3) is 3.36. The number of Topliss-reactive ketones (excluding diaryl/α,β-unsaturated/α-hetero) is 1. The summed E-state index contributed by atoms with van der Waals surface area (Å²) in [6.07, 6.45) is 4.69. The van der Waals surface area contributed by atoms with Gasteiger partial charge >= 0.3 is 0 Å². The minimum Gasteiger partial charge on any atom is -0.507 e. The molecule has 0 saturated carbocycles. The first-order chi connectivity index (χ1) is 14.4. The quantitative estimate of drug-likeness (QED) is 0.563. The van der Waals surface area contributed by atoms with E-state index >= 15 is 0 Å². The van der Waals surface area contributed by atoms with Crippen LogP contribution in [-0.4, -0.2) is 60.9 Å². The van der Waals surface area contributed by atoms with Crippen molar-refractivity contribution in [3.05, 3.63) is 58.5 Å². The molecule has 2 heterocycles. The first-order valence-corrected chi connectivity index (χ1v) is 10.1. The molecule has 4 N–H and O–H groups in total. The van der Waals surface area contributed by atoms with Crippen molar-refractivity contribution in [1.82, 2.24) is 20.5 Å². The van der Waals surface area contributed by atoms with Crippen LogP contribution in [-0.2, 0) is 16.0 Å². The molecule has 2 aliphatic rings. The summed E-state index contributed by atoms with van der Waals surface area (Å²) in [5.41, 5.74) is 4.43. The van der Waals surface area contributed by atoms with Gasteiger partial charge in [-0.1, -0.05) is 6.07 Å². The normalized spacial score (nSPS) is 16.3. The third-order valence-electron chi connectivity index (χ3n) is 5.59. The van der Waals surface area contributed by atoms with Crippen LogP contribution in [0.3, 0.4) is 0 Å². The van der Waals surface area contributed by atoms with Gasteiger partial charge in [0.1, 0.15) is 5.75 Å². The molecular weight excluding hydrogens is 380 g/mol. The number of benzene rings is 1. The minimum atomic E-state index is -0.203. The molecule has 0 radical (unpaired) electrons. The van der Waals surface area contributed by atoms with E-state index in [1.54, 1.807) is 24.3 Å². The van der Waals surface area contributed by atoms with Crippen LogP contribution < -0.4 is 10.6 Å². The first-order valence-electron chi connectivity index (χ1n) is 10.1. The maximum absolute atomic E-state index is 13.5. The Labute approximate surface area is 175 Å². The third-order valence-corrected chi connectivity index (χ3v) is 5.59. The van der Waals surface area contributed by atoms with Crippen molar-refractivity contribution in [2.75, 3.05) is 34.2 Å². The highest BCUT2D eigenvalue weighted by atomic mass is 16.3. The van der Waals surface area contributed by atoms with Gasteiger partial charge in [0.05, 0.1) is 17.0 Å². The molecule has 30 heavy (non-hydrogen) atoms. The van der Waals surface area contributed by atoms with E-state index in [1.807, 2.05) is 32.1 Å². The Hall–Kier alpha value is -3.16. The lowest BCUT2D eigenvalue weighted by Gasteiger charge is -2.15. The zero-order valence-corrected chi connectivity index (χ0v) is 17.4.